The molecule has 0 bridgehead atoms. The van der Waals surface area contributed by atoms with Crippen molar-refractivity contribution in [3.05, 3.63) is 76.3 Å². The third-order valence-electron chi connectivity index (χ3n) is 6.73. The minimum absolute atomic E-state index is 0.0724. The zero-order valence-corrected chi connectivity index (χ0v) is 19.8. The van der Waals surface area contributed by atoms with E-state index in [-0.39, 0.29) is 17.8 Å². The van der Waals surface area contributed by atoms with Gasteiger partial charge in [0.25, 0.3) is 5.91 Å². The van der Waals surface area contributed by atoms with Gasteiger partial charge in [0.1, 0.15) is 22.2 Å². The number of nitrogens with one attached hydrogen (secondary N) is 1. The van der Waals surface area contributed by atoms with Crippen LogP contribution in [0, 0.1) is 17.5 Å². The Bertz CT molecular complexity index is 1290. The van der Waals surface area contributed by atoms with E-state index in [0.29, 0.717) is 35.5 Å². The molecule has 1 unspecified atom stereocenters. The summed E-state index contributed by atoms with van der Waals surface area (Å²) < 4.78 is 42.5. The van der Waals surface area contributed by atoms with Gasteiger partial charge in [0, 0.05) is 43.6 Å². The van der Waals surface area contributed by atoms with Crippen molar-refractivity contribution in [3.8, 4) is 0 Å². The van der Waals surface area contributed by atoms with Gasteiger partial charge in [-0.25, -0.2) is 18.2 Å². The molecule has 1 aromatic heterocycles. The molecule has 178 valence electrons. The molecule has 3 aromatic rings. The molecular formula is C25H25F3N4OS. The van der Waals surface area contributed by atoms with Crippen LogP contribution in [0.15, 0.2) is 47.5 Å². The number of hydrogen-bond acceptors (Lipinski definition) is 4. The normalized spacial score (nSPS) is 22.7. The number of thioether (sulfide) groups is 1. The number of halogens is 3. The fourth-order valence-corrected chi connectivity index (χ4v) is 5.72. The minimum Gasteiger partial charge on any atom is -0.362 e. The third kappa shape index (κ3) is 4.06. The zero-order valence-electron chi connectivity index (χ0n) is 18.9. The van der Waals surface area contributed by atoms with Crippen molar-refractivity contribution in [1.29, 1.82) is 0 Å². The van der Waals surface area contributed by atoms with Crippen molar-refractivity contribution in [2.24, 2.45) is 7.05 Å². The maximum Gasteiger partial charge on any atom is 0.270 e. The maximum atomic E-state index is 13.7. The average Bonchev–Trinajstić information content (AvgIpc) is 3.36. The molecule has 1 N–H and O–H groups in total. The summed E-state index contributed by atoms with van der Waals surface area (Å²) in [6.45, 7) is 2.60. The van der Waals surface area contributed by atoms with Gasteiger partial charge in [0.05, 0.1) is 11.0 Å². The van der Waals surface area contributed by atoms with Crippen LogP contribution in [0.4, 0.5) is 13.2 Å². The summed E-state index contributed by atoms with van der Waals surface area (Å²) in [5.74, 6) is -1.53. The smallest absolute Gasteiger partial charge is 0.270 e. The number of imidazole rings is 1. The largest absolute Gasteiger partial charge is 0.362 e. The van der Waals surface area contributed by atoms with E-state index in [2.05, 4.69) is 10.3 Å². The van der Waals surface area contributed by atoms with Gasteiger partial charge in [-0.3, -0.25) is 4.79 Å². The van der Waals surface area contributed by atoms with Gasteiger partial charge in [0.15, 0.2) is 11.6 Å². The van der Waals surface area contributed by atoms with Crippen LogP contribution in [0.2, 0.25) is 0 Å². The number of amides is 1. The Labute approximate surface area is 200 Å². The van der Waals surface area contributed by atoms with Gasteiger partial charge in [-0.15, -0.1) is 0 Å². The summed E-state index contributed by atoms with van der Waals surface area (Å²) in [7, 11) is 1.78. The van der Waals surface area contributed by atoms with Gasteiger partial charge >= 0.3 is 0 Å². The van der Waals surface area contributed by atoms with Crippen molar-refractivity contribution < 1.29 is 18.0 Å². The highest BCUT2D eigenvalue weighted by Gasteiger charge is 2.38. The number of benzene rings is 2. The quantitative estimate of drug-likeness (QED) is 0.566. The highest BCUT2D eigenvalue weighted by Crippen LogP contribution is 2.41. The molecule has 2 atom stereocenters. The summed E-state index contributed by atoms with van der Waals surface area (Å²) in [6, 6.07) is 8.46. The average molecular weight is 487 g/mol. The van der Waals surface area contributed by atoms with E-state index < -0.39 is 16.5 Å². The van der Waals surface area contributed by atoms with Crippen LogP contribution in [-0.4, -0.2) is 32.9 Å². The number of likely N-dealkylation sites (tertiary alicyclic amines) is 1. The lowest BCUT2D eigenvalue weighted by Crippen LogP contribution is -2.48. The molecule has 1 amide bonds. The molecule has 2 aliphatic heterocycles. The van der Waals surface area contributed by atoms with Crippen LogP contribution < -0.4 is 5.32 Å². The molecule has 2 aliphatic rings. The van der Waals surface area contributed by atoms with Gasteiger partial charge in [-0.1, -0.05) is 23.9 Å². The number of aryl methyl sites for hydroxylation is 1. The van der Waals surface area contributed by atoms with Crippen LogP contribution in [0.1, 0.15) is 37.6 Å². The molecule has 3 heterocycles. The Morgan fingerprint density at radius 3 is 2.68 bits per heavy atom. The Hall–Kier alpha value is -2.94. The van der Waals surface area contributed by atoms with Crippen LogP contribution in [0.3, 0.4) is 0 Å². The van der Waals surface area contributed by atoms with E-state index in [1.165, 1.54) is 23.9 Å². The standard InChI is InChI=1S/C25H25F3N4OS/c1-25(15-6-8-16(26)9-7-15)30-21(14-34-25)24(33)32-10-4-3-5-17(32)11-23-29-20-12-18(27)19(28)13-22(20)31(23)2/h6-9,12-14,17,30H,3-5,10-11H2,1-2H3/t17?,25-/m0/s1. The molecule has 5 nitrogen and oxygen atoms in total. The Morgan fingerprint density at radius 1 is 1.18 bits per heavy atom. The Balaban J connectivity index is 1.35. The van der Waals surface area contributed by atoms with E-state index in [1.807, 2.05) is 17.2 Å². The highest BCUT2D eigenvalue weighted by atomic mass is 32.2. The lowest BCUT2D eigenvalue weighted by Gasteiger charge is -2.36. The fourth-order valence-electron chi connectivity index (χ4n) is 4.77. The lowest BCUT2D eigenvalue weighted by atomic mass is 9.98. The molecule has 0 aliphatic carbocycles. The molecule has 0 saturated carbocycles. The fraction of sp³-hybridized carbons (Fsp3) is 0.360. The number of rotatable bonds is 4. The van der Waals surface area contributed by atoms with E-state index in [0.717, 1.165) is 37.0 Å². The second kappa shape index (κ2) is 8.69. The summed E-state index contributed by atoms with van der Waals surface area (Å²) in [5.41, 5.74) is 2.32. The van der Waals surface area contributed by atoms with Crippen LogP contribution in [0.25, 0.3) is 11.0 Å². The highest BCUT2D eigenvalue weighted by molar-refractivity contribution is 8.03. The molecule has 9 heteroatoms. The van der Waals surface area contributed by atoms with Crippen LogP contribution in [-0.2, 0) is 23.1 Å². The first-order valence-corrected chi connectivity index (χ1v) is 12.2. The van der Waals surface area contributed by atoms with Crippen molar-refractivity contribution >= 4 is 28.7 Å². The van der Waals surface area contributed by atoms with Crippen molar-refractivity contribution in [3.63, 3.8) is 0 Å². The van der Waals surface area contributed by atoms with Crippen molar-refractivity contribution in [2.45, 2.75) is 43.5 Å². The summed E-state index contributed by atoms with van der Waals surface area (Å²) >= 11 is 1.49. The third-order valence-corrected chi connectivity index (χ3v) is 7.90. The molecule has 0 radical (unpaired) electrons. The SMILES string of the molecule is Cn1c(CC2CCCCN2C(=O)C2=CS[C@@](C)(c3ccc(F)cc3)N2)nc2cc(F)c(F)cc21. The van der Waals surface area contributed by atoms with Gasteiger partial charge in [0.2, 0.25) is 0 Å². The summed E-state index contributed by atoms with van der Waals surface area (Å²) in [4.78, 5) is 19.4. The maximum absolute atomic E-state index is 13.7. The topological polar surface area (TPSA) is 50.2 Å². The predicted octanol–water partition coefficient (Wildman–Crippen LogP) is 4.96. The number of hydrogen-bond donors (Lipinski definition) is 1. The predicted molar refractivity (Wildman–Crippen MR) is 126 cm³/mol. The number of carbonyl (C=O) groups is 1. The second-order valence-electron chi connectivity index (χ2n) is 9.01. The second-order valence-corrected chi connectivity index (χ2v) is 10.3. The molecular weight excluding hydrogens is 461 g/mol. The number of nitrogens with zero attached hydrogens (tertiary/aromatic N) is 3. The first-order chi connectivity index (χ1) is 16.2. The van der Waals surface area contributed by atoms with Gasteiger partial charge in [-0.05, 0) is 43.9 Å². The number of aromatic nitrogens is 2. The minimum atomic E-state index is -0.924. The van der Waals surface area contributed by atoms with E-state index in [4.69, 9.17) is 0 Å². The first-order valence-electron chi connectivity index (χ1n) is 11.3. The molecule has 1 fully saturated rings. The lowest BCUT2D eigenvalue weighted by molar-refractivity contribution is -0.131. The molecule has 0 spiro atoms. The van der Waals surface area contributed by atoms with E-state index in [1.54, 1.807) is 23.7 Å². The van der Waals surface area contributed by atoms with E-state index >= 15 is 0 Å². The molecule has 5 rings (SSSR count). The van der Waals surface area contributed by atoms with Gasteiger partial charge < -0.3 is 14.8 Å². The first kappa shape index (κ1) is 22.8. The van der Waals surface area contributed by atoms with Crippen LogP contribution >= 0.6 is 11.8 Å². The zero-order chi connectivity index (χ0) is 24.0. The Morgan fingerprint density at radius 2 is 1.91 bits per heavy atom. The summed E-state index contributed by atoms with van der Waals surface area (Å²) in [5, 5.41) is 5.17. The number of piperidine rings is 1. The summed E-state index contributed by atoms with van der Waals surface area (Å²) in [6.07, 6.45) is 3.23. The molecule has 2 aromatic carbocycles. The van der Waals surface area contributed by atoms with Crippen molar-refractivity contribution in [1.82, 2.24) is 19.8 Å². The van der Waals surface area contributed by atoms with Crippen LogP contribution in [0.5, 0.6) is 0 Å². The molecule has 1 saturated heterocycles. The van der Waals surface area contributed by atoms with Gasteiger partial charge in [-0.2, -0.15) is 0 Å². The van der Waals surface area contributed by atoms with Crippen molar-refractivity contribution in [2.75, 3.05) is 6.54 Å². The monoisotopic (exact) mass is 486 g/mol. The number of fused-ring (bicyclic) bond motifs is 1. The van der Waals surface area contributed by atoms with E-state index in [9.17, 15) is 18.0 Å². The molecule has 34 heavy (non-hydrogen) atoms. The Kier molecular flexibility index (Phi) is 5.83. The number of carbonyl (C=O) groups excluding carboxylic acids is 1.